The first-order chi connectivity index (χ1) is 15.5. The fourth-order valence-corrected chi connectivity index (χ4v) is 5.65. The van der Waals surface area contributed by atoms with Crippen molar-refractivity contribution in [2.24, 2.45) is 0 Å². The van der Waals surface area contributed by atoms with Crippen LogP contribution < -0.4 is 15.5 Å². The maximum absolute atomic E-state index is 14.2. The summed E-state index contributed by atoms with van der Waals surface area (Å²) in [5, 5.41) is 6.05. The molecule has 2 heterocycles. The van der Waals surface area contributed by atoms with Crippen LogP contribution in [0.1, 0.15) is 51.2 Å². The summed E-state index contributed by atoms with van der Waals surface area (Å²) < 4.78 is 42.6. The van der Waals surface area contributed by atoms with Gasteiger partial charge in [-0.05, 0) is 48.1 Å². The van der Waals surface area contributed by atoms with Crippen molar-refractivity contribution in [3.63, 3.8) is 0 Å². The molecule has 1 amide bonds. The maximum Gasteiger partial charge on any atom is 0.416 e. The molecule has 2 aliphatic heterocycles. The van der Waals surface area contributed by atoms with Crippen LogP contribution in [0.25, 0.3) is 0 Å². The number of hydrogen-bond acceptors (Lipinski definition) is 4. The lowest BCUT2D eigenvalue weighted by atomic mass is 9.81. The summed E-state index contributed by atoms with van der Waals surface area (Å²) in [5.74, 6) is -0.332. The van der Waals surface area contributed by atoms with Gasteiger partial charge in [0.15, 0.2) is 0 Å². The van der Waals surface area contributed by atoms with Gasteiger partial charge in [0.2, 0.25) is 5.91 Å². The van der Waals surface area contributed by atoms with Crippen LogP contribution >= 0.6 is 23.4 Å². The number of anilines is 4. The zero-order chi connectivity index (χ0) is 24.0. The molecule has 33 heavy (non-hydrogen) atoms. The van der Waals surface area contributed by atoms with Gasteiger partial charge in [-0.3, -0.25) is 4.79 Å². The Labute approximate surface area is 201 Å². The first-order valence-electron chi connectivity index (χ1n) is 11.0. The van der Waals surface area contributed by atoms with Crippen molar-refractivity contribution in [1.29, 1.82) is 0 Å². The fourth-order valence-electron chi connectivity index (χ4n) is 4.40. The van der Waals surface area contributed by atoms with E-state index in [0.29, 0.717) is 10.6 Å². The van der Waals surface area contributed by atoms with Gasteiger partial charge in [0, 0.05) is 40.9 Å². The highest BCUT2D eigenvalue weighted by atomic mass is 35.5. The molecule has 1 saturated heterocycles. The molecule has 0 unspecified atom stereocenters. The number of nitrogens with one attached hydrogen (secondary N) is 2. The number of nitrogens with zero attached hydrogens (tertiary/aromatic N) is 1. The Balaban J connectivity index is 1.85. The Bertz CT molecular complexity index is 1080. The third-order valence-electron chi connectivity index (χ3n) is 5.85. The lowest BCUT2D eigenvalue weighted by molar-refractivity contribution is -0.138. The summed E-state index contributed by atoms with van der Waals surface area (Å²) >= 11 is 7.00. The minimum Gasteiger partial charge on any atom is -0.372 e. The van der Waals surface area contributed by atoms with Crippen molar-refractivity contribution in [1.82, 2.24) is 0 Å². The molecule has 4 nitrogen and oxygen atoms in total. The third-order valence-corrected chi connectivity index (χ3v) is 7.14. The topological polar surface area (TPSA) is 44.4 Å². The van der Waals surface area contributed by atoms with Gasteiger partial charge in [0.05, 0.1) is 22.6 Å². The van der Waals surface area contributed by atoms with Gasteiger partial charge in [-0.1, -0.05) is 32.5 Å². The molecule has 2 aromatic rings. The Morgan fingerprint density at radius 2 is 1.85 bits per heavy atom. The standard InChI is InChI=1S/C24H27ClF3N3OS/c1-23(2,3)20-15(24(26,27)28)13-18-21(22(20)30-19(32)8-9-25)29-16-7-6-14(12-17(16)33-18)31-10-4-5-11-31/h6-7,12-13,29H,4-5,8-11H2,1-3H3,(H,30,32). The molecule has 0 bridgehead atoms. The van der Waals surface area contributed by atoms with Gasteiger partial charge in [-0.2, -0.15) is 13.2 Å². The predicted octanol–water partition coefficient (Wildman–Crippen LogP) is 7.38. The van der Waals surface area contributed by atoms with E-state index in [1.807, 2.05) is 18.2 Å². The molecule has 2 aliphatic rings. The van der Waals surface area contributed by atoms with E-state index in [0.717, 1.165) is 42.2 Å². The summed E-state index contributed by atoms with van der Waals surface area (Å²) in [6.07, 6.45) is -2.27. The lowest BCUT2D eigenvalue weighted by Gasteiger charge is -2.33. The number of carbonyl (C=O) groups excluding carboxylic acids is 1. The predicted molar refractivity (Wildman–Crippen MR) is 129 cm³/mol. The second-order valence-electron chi connectivity index (χ2n) is 9.38. The molecule has 0 radical (unpaired) electrons. The summed E-state index contributed by atoms with van der Waals surface area (Å²) in [5.41, 5.74) is 0.997. The van der Waals surface area contributed by atoms with E-state index in [4.69, 9.17) is 11.6 Å². The van der Waals surface area contributed by atoms with Crippen molar-refractivity contribution in [3.8, 4) is 0 Å². The minimum absolute atomic E-state index is 0.0130. The summed E-state index contributed by atoms with van der Waals surface area (Å²) in [4.78, 5) is 16.0. The van der Waals surface area contributed by atoms with E-state index in [1.165, 1.54) is 17.8 Å². The molecule has 1 fully saturated rings. The highest BCUT2D eigenvalue weighted by Crippen LogP contribution is 2.54. The Morgan fingerprint density at radius 3 is 2.45 bits per heavy atom. The van der Waals surface area contributed by atoms with Gasteiger partial charge in [0.1, 0.15) is 0 Å². The van der Waals surface area contributed by atoms with Gasteiger partial charge in [-0.25, -0.2) is 0 Å². The highest BCUT2D eigenvalue weighted by molar-refractivity contribution is 7.99. The molecule has 0 atom stereocenters. The summed E-state index contributed by atoms with van der Waals surface area (Å²) in [6.45, 7) is 7.11. The smallest absolute Gasteiger partial charge is 0.372 e. The molecular weight excluding hydrogens is 471 g/mol. The van der Waals surface area contributed by atoms with E-state index < -0.39 is 23.1 Å². The fraction of sp³-hybridized carbons (Fsp3) is 0.458. The number of alkyl halides is 4. The molecule has 2 aromatic carbocycles. The number of hydrogen-bond donors (Lipinski definition) is 2. The van der Waals surface area contributed by atoms with Crippen LogP contribution in [0.4, 0.5) is 35.9 Å². The largest absolute Gasteiger partial charge is 0.416 e. The molecule has 9 heteroatoms. The van der Waals surface area contributed by atoms with Crippen molar-refractivity contribution in [2.75, 3.05) is 34.5 Å². The molecule has 0 saturated carbocycles. The Kier molecular flexibility index (Phi) is 6.53. The summed E-state index contributed by atoms with van der Waals surface area (Å²) in [7, 11) is 0. The van der Waals surface area contributed by atoms with Crippen LogP contribution in [0.5, 0.6) is 0 Å². The zero-order valence-electron chi connectivity index (χ0n) is 18.8. The molecule has 2 N–H and O–H groups in total. The number of halogens is 4. The number of fused-ring (bicyclic) bond motifs is 2. The molecule has 0 spiro atoms. The second kappa shape index (κ2) is 8.95. The molecule has 0 aromatic heterocycles. The van der Waals surface area contributed by atoms with Crippen molar-refractivity contribution in [3.05, 3.63) is 35.4 Å². The minimum atomic E-state index is -4.57. The van der Waals surface area contributed by atoms with Gasteiger partial charge in [0.25, 0.3) is 0 Å². The average molecular weight is 498 g/mol. The van der Waals surface area contributed by atoms with E-state index in [2.05, 4.69) is 15.5 Å². The number of benzene rings is 2. The number of carbonyl (C=O) groups is 1. The number of rotatable bonds is 4. The number of amides is 1. The highest BCUT2D eigenvalue weighted by Gasteiger charge is 2.41. The molecule has 4 rings (SSSR count). The zero-order valence-corrected chi connectivity index (χ0v) is 20.4. The van der Waals surface area contributed by atoms with Crippen molar-refractivity contribution >= 4 is 52.0 Å². The Morgan fingerprint density at radius 1 is 1.15 bits per heavy atom. The molecule has 0 aliphatic carbocycles. The van der Waals surface area contributed by atoms with Gasteiger partial charge < -0.3 is 15.5 Å². The molecular formula is C24H27ClF3N3OS. The van der Waals surface area contributed by atoms with Crippen LogP contribution in [0.15, 0.2) is 34.1 Å². The monoisotopic (exact) mass is 497 g/mol. The van der Waals surface area contributed by atoms with Crippen LogP contribution in [0.3, 0.4) is 0 Å². The third kappa shape index (κ3) is 4.92. The van der Waals surface area contributed by atoms with E-state index in [1.54, 1.807) is 20.8 Å². The van der Waals surface area contributed by atoms with E-state index >= 15 is 0 Å². The van der Waals surface area contributed by atoms with Crippen LogP contribution in [0.2, 0.25) is 0 Å². The Hall–Kier alpha value is -2.06. The van der Waals surface area contributed by atoms with Crippen molar-refractivity contribution in [2.45, 2.75) is 61.4 Å². The average Bonchev–Trinajstić information content (AvgIpc) is 3.25. The second-order valence-corrected chi connectivity index (χ2v) is 10.8. The maximum atomic E-state index is 14.2. The quantitative estimate of drug-likeness (QED) is 0.369. The van der Waals surface area contributed by atoms with Gasteiger partial charge in [-0.15, -0.1) is 11.6 Å². The normalized spacial score (nSPS) is 15.7. The van der Waals surface area contributed by atoms with E-state index in [9.17, 15) is 18.0 Å². The van der Waals surface area contributed by atoms with Crippen LogP contribution in [-0.2, 0) is 16.4 Å². The van der Waals surface area contributed by atoms with Gasteiger partial charge >= 0.3 is 6.18 Å². The first-order valence-corrected chi connectivity index (χ1v) is 12.3. The first kappa shape index (κ1) is 24.1. The molecule has 178 valence electrons. The van der Waals surface area contributed by atoms with Crippen LogP contribution in [-0.4, -0.2) is 24.9 Å². The van der Waals surface area contributed by atoms with Crippen LogP contribution in [0, 0.1) is 0 Å². The summed E-state index contributed by atoms with van der Waals surface area (Å²) in [6, 6.07) is 7.22. The SMILES string of the molecule is CC(C)(C)c1c(C(F)(F)F)cc2c(c1NC(=O)CCCl)Nc1ccc(N3CCCC3)cc1S2. The van der Waals surface area contributed by atoms with E-state index in [-0.39, 0.29) is 23.6 Å². The van der Waals surface area contributed by atoms with Crippen molar-refractivity contribution < 1.29 is 18.0 Å². The lowest BCUT2D eigenvalue weighted by Crippen LogP contribution is -2.25.